The third-order valence-electron chi connectivity index (χ3n) is 7.83. The SMILES string of the molecule is O=C(NC1CCCC1)c1ccc2c(c1)C(C1CCN(C(=O)c3cnn4ccccc34)CC1)C(=O)N2. The van der Waals surface area contributed by atoms with Gasteiger partial charge in [-0.05, 0) is 67.5 Å². The van der Waals surface area contributed by atoms with Gasteiger partial charge in [0.25, 0.3) is 11.8 Å². The summed E-state index contributed by atoms with van der Waals surface area (Å²) in [7, 11) is 0. The van der Waals surface area contributed by atoms with Gasteiger partial charge in [0.2, 0.25) is 5.91 Å². The van der Waals surface area contributed by atoms with Gasteiger partial charge >= 0.3 is 0 Å². The number of aromatic nitrogens is 2. The molecule has 3 aromatic rings. The first kappa shape index (κ1) is 21.8. The summed E-state index contributed by atoms with van der Waals surface area (Å²) in [6.07, 6.45) is 9.32. The minimum Gasteiger partial charge on any atom is -0.349 e. The molecule has 3 amide bonds. The molecule has 2 fully saturated rings. The first-order valence-corrected chi connectivity index (χ1v) is 12.6. The molecule has 2 aromatic heterocycles. The molecule has 0 spiro atoms. The third-order valence-corrected chi connectivity index (χ3v) is 7.83. The van der Waals surface area contributed by atoms with Crippen LogP contribution in [0.3, 0.4) is 0 Å². The number of carbonyl (C=O) groups excluding carboxylic acids is 3. The second-order valence-electron chi connectivity index (χ2n) is 9.94. The fourth-order valence-electron chi connectivity index (χ4n) is 5.94. The van der Waals surface area contributed by atoms with E-state index in [2.05, 4.69) is 15.7 Å². The summed E-state index contributed by atoms with van der Waals surface area (Å²) in [5, 5.41) is 10.4. The average molecular weight is 472 g/mol. The number of anilines is 1. The van der Waals surface area contributed by atoms with Crippen LogP contribution < -0.4 is 10.6 Å². The van der Waals surface area contributed by atoms with E-state index in [1.54, 1.807) is 16.8 Å². The molecule has 0 radical (unpaired) electrons. The van der Waals surface area contributed by atoms with Gasteiger partial charge < -0.3 is 15.5 Å². The Morgan fingerprint density at radius 2 is 1.83 bits per heavy atom. The summed E-state index contributed by atoms with van der Waals surface area (Å²) in [5.41, 5.74) is 3.71. The number of nitrogens with one attached hydrogen (secondary N) is 2. The summed E-state index contributed by atoms with van der Waals surface area (Å²) in [6.45, 7) is 1.18. The van der Waals surface area contributed by atoms with Crippen molar-refractivity contribution in [3.8, 4) is 0 Å². The van der Waals surface area contributed by atoms with Crippen LogP contribution in [-0.2, 0) is 4.79 Å². The molecule has 2 aliphatic heterocycles. The van der Waals surface area contributed by atoms with Crippen molar-refractivity contribution in [2.75, 3.05) is 18.4 Å². The zero-order chi connectivity index (χ0) is 23.9. The van der Waals surface area contributed by atoms with Crippen LogP contribution in [0.25, 0.3) is 5.52 Å². The number of rotatable bonds is 4. The van der Waals surface area contributed by atoms with Gasteiger partial charge in [-0.2, -0.15) is 5.10 Å². The Balaban J connectivity index is 1.16. The number of hydrogen-bond acceptors (Lipinski definition) is 4. The maximum atomic E-state index is 13.2. The molecule has 1 aromatic carbocycles. The largest absolute Gasteiger partial charge is 0.349 e. The first-order chi connectivity index (χ1) is 17.1. The summed E-state index contributed by atoms with van der Waals surface area (Å²) < 4.78 is 1.71. The summed E-state index contributed by atoms with van der Waals surface area (Å²) in [4.78, 5) is 40.8. The second kappa shape index (κ2) is 8.83. The minimum absolute atomic E-state index is 0.0132. The fourth-order valence-corrected chi connectivity index (χ4v) is 5.94. The summed E-state index contributed by atoms with van der Waals surface area (Å²) in [6, 6.07) is 11.5. The van der Waals surface area contributed by atoms with Crippen LogP contribution in [0.1, 0.15) is 70.7 Å². The predicted octanol–water partition coefficient (Wildman–Crippen LogP) is 3.59. The Labute approximate surface area is 203 Å². The lowest BCUT2D eigenvalue weighted by Crippen LogP contribution is -2.40. The van der Waals surface area contributed by atoms with E-state index in [1.165, 1.54) is 0 Å². The van der Waals surface area contributed by atoms with Gasteiger partial charge in [-0.1, -0.05) is 18.9 Å². The number of amides is 3. The maximum absolute atomic E-state index is 13.2. The van der Waals surface area contributed by atoms with E-state index in [0.29, 0.717) is 24.2 Å². The number of piperidine rings is 1. The van der Waals surface area contributed by atoms with Gasteiger partial charge in [-0.3, -0.25) is 14.4 Å². The van der Waals surface area contributed by atoms with Crippen LogP contribution in [0, 0.1) is 5.92 Å². The van der Waals surface area contributed by atoms with Crippen LogP contribution in [0.4, 0.5) is 5.69 Å². The monoisotopic (exact) mass is 471 g/mol. The standard InChI is InChI=1S/C27H29N5O3/c33-25(29-19-5-1-2-6-19)18-8-9-22-20(15-18)24(26(34)30-22)17-10-13-31(14-11-17)27(35)21-16-28-32-12-4-3-7-23(21)32/h3-4,7-9,12,15-17,19,24H,1-2,5-6,10-11,13-14H2,(H,29,33)(H,30,34). The van der Waals surface area contributed by atoms with E-state index in [4.69, 9.17) is 0 Å². The van der Waals surface area contributed by atoms with Crippen LogP contribution in [0.5, 0.6) is 0 Å². The van der Waals surface area contributed by atoms with E-state index in [9.17, 15) is 14.4 Å². The van der Waals surface area contributed by atoms with Gasteiger partial charge in [0.05, 0.1) is 23.2 Å². The molecular formula is C27H29N5O3. The Morgan fingerprint density at radius 3 is 2.63 bits per heavy atom. The number of benzene rings is 1. The number of hydrogen-bond donors (Lipinski definition) is 2. The molecule has 8 nitrogen and oxygen atoms in total. The third kappa shape index (κ3) is 3.96. The number of likely N-dealkylation sites (tertiary alicyclic amines) is 1. The molecule has 1 aliphatic carbocycles. The molecule has 2 N–H and O–H groups in total. The van der Waals surface area contributed by atoms with Crippen LogP contribution in [0.15, 0.2) is 48.8 Å². The van der Waals surface area contributed by atoms with Gasteiger partial charge in [-0.15, -0.1) is 0 Å². The lowest BCUT2D eigenvalue weighted by molar-refractivity contribution is -0.118. The van der Waals surface area contributed by atoms with Gasteiger partial charge in [0.15, 0.2) is 0 Å². The van der Waals surface area contributed by atoms with Crippen LogP contribution >= 0.6 is 0 Å². The van der Waals surface area contributed by atoms with Crippen molar-refractivity contribution in [3.05, 3.63) is 65.5 Å². The van der Waals surface area contributed by atoms with Crippen molar-refractivity contribution >= 4 is 28.9 Å². The lowest BCUT2D eigenvalue weighted by Gasteiger charge is -2.34. The molecule has 35 heavy (non-hydrogen) atoms. The maximum Gasteiger partial charge on any atom is 0.257 e. The highest BCUT2D eigenvalue weighted by atomic mass is 16.2. The Hall–Kier alpha value is -3.68. The van der Waals surface area contributed by atoms with Crippen molar-refractivity contribution in [2.24, 2.45) is 5.92 Å². The molecule has 3 aliphatic rings. The van der Waals surface area contributed by atoms with Crippen molar-refractivity contribution in [2.45, 2.75) is 50.5 Å². The Morgan fingerprint density at radius 1 is 1.03 bits per heavy atom. The lowest BCUT2D eigenvalue weighted by atomic mass is 9.80. The van der Waals surface area contributed by atoms with Crippen LogP contribution in [-0.4, -0.2) is 51.4 Å². The van der Waals surface area contributed by atoms with E-state index >= 15 is 0 Å². The molecule has 0 bridgehead atoms. The summed E-state index contributed by atoms with van der Waals surface area (Å²) in [5.74, 6) is -0.269. The van der Waals surface area contributed by atoms with Gasteiger partial charge in [0, 0.05) is 36.6 Å². The number of nitrogens with zero attached hydrogens (tertiary/aromatic N) is 3. The smallest absolute Gasteiger partial charge is 0.257 e. The van der Waals surface area contributed by atoms with E-state index in [0.717, 1.165) is 55.3 Å². The molecule has 4 heterocycles. The normalized spacial score (nSPS) is 20.7. The number of fused-ring (bicyclic) bond motifs is 2. The van der Waals surface area contributed by atoms with E-state index in [1.807, 2.05) is 41.4 Å². The number of pyridine rings is 1. The summed E-state index contributed by atoms with van der Waals surface area (Å²) >= 11 is 0. The van der Waals surface area contributed by atoms with Crippen molar-refractivity contribution in [1.29, 1.82) is 0 Å². The average Bonchev–Trinajstić information content (AvgIpc) is 3.61. The highest BCUT2D eigenvalue weighted by molar-refractivity contribution is 6.05. The molecule has 6 rings (SSSR count). The molecular weight excluding hydrogens is 442 g/mol. The fraction of sp³-hybridized carbons (Fsp3) is 0.407. The van der Waals surface area contributed by atoms with Gasteiger partial charge in [0.1, 0.15) is 0 Å². The van der Waals surface area contributed by atoms with Crippen molar-refractivity contribution in [3.63, 3.8) is 0 Å². The first-order valence-electron chi connectivity index (χ1n) is 12.6. The molecule has 1 unspecified atom stereocenters. The molecule has 1 atom stereocenters. The molecule has 180 valence electrons. The Kier molecular flexibility index (Phi) is 5.51. The van der Waals surface area contributed by atoms with Crippen LogP contribution in [0.2, 0.25) is 0 Å². The zero-order valence-corrected chi connectivity index (χ0v) is 19.6. The highest BCUT2D eigenvalue weighted by Gasteiger charge is 2.39. The Bertz CT molecular complexity index is 1300. The van der Waals surface area contributed by atoms with Gasteiger partial charge in [-0.25, -0.2) is 4.52 Å². The van der Waals surface area contributed by atoms with E-state index in [-0.39, 0.29) is 35.6 Å². The highest BCUT2D eigenvalue weighted by Crippen LogP contribution is 2.42. The second-order valence-corrected chi connectivity index (χ2v) is 9.94. The van der Waals surface area contributed by atoms with E-state index < -0.39 is 0 Å². The topological polar surface area (TPSA) is 95.8 Å². The zero-order valence-electron chi connectivity index (χ0n) is 19.6. The minimum atomic E-state index is -0.293. The molecule has 1 saturated carbocycles. The van der Waals surface area contributed by atoms with Crippen molar-refractivity contribution in [1.82, 2.24) is 19.8 Å². The molecule has 1 saturated heterocycles. The quantitative estimate of drug-likeness (QED) is 0.608. The predicted molar refractivity (Wildman–Crippen MR) is 131 cm³/mol. The molecule has 8 heteroatoms. The van der Waals surface area contributed by atoms with Crippen molar-refractivity contribution < 1.29 is 14.4 Å². The number of carbonyl (C=O) groups is 3.